The number of ether oxygens (including phenoxy) is 2. The van der Waals surface area contributed by atoms with Gasteiger partial charge in [-0.3, -0.25) is 0 Å². The molecule has 1 fully saturated rings. The van der Waals surface area contributed by atoms with E-state index in [9.17, 15) is 39.9 Å². The van der Waals surface area contributed by atoms with Gasteiger partial charge in [0.15, 0.2) is 16.1 Å². The van der Waals surface area contributed by atoms with E-state index >= 15 is 0 Å². The minimum atomic E-state index is -5.03. The summed E-state index contributed by atoms with van der Waals surface area (Å²) in [5, 5.41) is 19.9. The molecule has 0 spiro atoms. The summed E-state index contributed by atoms with van der Waals surface area (Å²) in [6.45, 7) is 0.663. The number of aliphatic hydroxyl groups excluding tert-OH is 2. The first-order valence-corrected chi connectivity index (χ1v) is 13.6. The lowest BCUT2D eigenvalue weighted by molar-refractivity contribution is -0.216. The first-order chi connectivity index (χ1) is 17.6. The SMILES string of the molecule is C[C@@H](O[C@@H]1OCCC(C(O)CS(=O)(=O)CCO)C1c1ccccc1)c1cc(C(F)(F)F)cc(C(F)(F)F)c1. The monoisotopic (exact) mass is 570 g/mol. The summed E-state index contributed by atoms with van der Waals surface area (Å²) in [5.74, 6) is -2.72. The fraction of sp³-hybridized carbons (Fsp3) is 0.520. The van der Waals surface area contributed by atoms with Crippen LogP contribution in [-0.4, -0.2) is 55.7 Å². The number of alkyl halides is 6. The number of rotatable bonds is 9. The van der Waals surface area contributed by atoms with E-state index in [2.05, 4.69) is 0 Å². The molecule has 0 aromatic heterocycles. The summed E-state index contributed by atoms with van der Waals surface area (Å²) in [6.07, 6.45) is -13.7. The van der Waals surface area contributed by atoms with Gasteiger partial charge >= 0.3 is 12.4 Å². The van der Waals surface area contributed by atoms with Crippen LogP contribution in [0.25, 0.3) is 0 Å². The molecule has 1 aliphatic heterocycles. The highest BCUT2D eigenvalue weighted by molar-refractivity contribution is 7.91. The fourth-order valence-corrected chi connectivity index (χ4v) is 5.75. The number of hydrogen-bond acceptors (Lipinski definition) is 6. The maximum absolute atomic E-state index is 13.3. The summed E-state index contributed by atoms with van der Waals surface area (Å²) in [4.78, 5) is 0. The van der Waals surface area contributed by atoms with Crippen LogP contribution in [0.5, 0.6) is 0 Å². The van der Waals surface area contributed by atoms with E-state index in [1.54, 1.807) is 30.3 Å². The zero-order chi connectivity index (χ0) is 28.3. The molecule has 0 radical (unpaired) electrons. The summed E-state index contributed by atoms with van der Waals surface area (Å²) >= 11 is 0. The van der Waals surface area contributed by atoms with Crippen LogP contribution in [0.15, 0.2) is 48.5 Å². The van der Waals surface area contributed by atoms with Crippen molar-refractivity contribution in [3.8, 4) is 0 Å². The maximum atomic E-state index is 13.3. The predicted octanol–water partition coefficient (Wildman–Crippen LogP) is 4.72. The van der Waals surface area contributed by atoms with Gasteiger partial charge in [0.1, 0.15) is 0 Å². The second-order valence-electron chi connectivity index (χ2n) is 9.15. The zero-order valence-electron chi connectivity index (χ0n) is 20.2. The van der Waals surface area contributed by atoms with Crippen LogP contribution >= 0.6 is 0 Å². The third-order valence-electron chi connectivity index (χ3n) is 6.41. The van der Waals surface area contributed by atoms with E-state index in [0.29, 0.717) is 17.7 Å². The molecule has 3 unspecified atom stereocenters. The zero-order valence-corrected chi connectivity index (χ0v) is 21.1. The van der Waals surface area contributed by atoms with Crippen molar-refractivity contribution in [3.05, 3.63) is 70.8 Å². The molecule has 1 aliphatic rings. The highest BCUT2D eigenvalue weighted by Gasteiger charge is 2.42. The van der Waals surface area contributed by atoms with Crippen LogP contribution in [0.4, 0.5) is 26.3 Å². The van der Waals surface area contributed by atoms with Gasteiger partial charge in [-0.25, -0.2) is 8.42 Å². The Hall–Kier alpha value is -2.19. The number of hydrogen-bond donors (Lipinski definition) is 2. The quantitative estimate of drug-likeness (QED) is 0.424. The summed E-state index contributed by atoms with van der Waals surface area (Å²) in [7, 11) is -3.80. The first-order valence-electron chi connectivity index (χ1n) is 11.7. The number of sulfone groups is 1. The Morgan fingerprint density at radius 1 is 1.03 bits per heavy atom. The molecule has 2 aromatic carbocycles. The van der Waals surface area contributed by atoms with Gasteiger partial charge in [0.25, 0.3) is 0 Å². The lowest BCUT2D eigenvalue weighted by Crippen LogP contribution is -2.44. The topological polar surface area (TPSA) is 93.1 Å². The van der Waals surface area contributed by atoms with Crippen LogP contribution in [0, 0.1) is 5.92 Å². The van der Waals surface area contributed by atoms with Crippen LogP contribution in [0.3, 0.4) is 0 Å². The molecule has 1 saturated heterocycles. The lowest BCUT2D eigenvalue weighted by Gasteiger charge is -2.41. The highest BCUT2D eigenvalue weighted by atomic mass is 32.2. The molecule has 13 heteroatoms. The van der Waals surface area contributed by atoms with Crippen LogP contribution < -0.4 is 0 Å². The lowest BCUT2D eigenvalue weighted by atomic mass is 9.79. The molecule has 6 nitrogen and oxygen atoms in total. The Kier molecular flexibility index (Phi) is 9.51. The van der Waals surface area contributed by atoms with Gasteiger partial charge in [0.05, 0.1) is 48.1 Å². The molecule has 2 aromatic rings. The number of aliphatic hydroxyl groups is 2. The van der Waals surface area contributed by atoms with Gasteiger partial charge in [-0.2, -0.15) is 26.3 Å². The highest BCUT2D eigenvalue weighted by Crippen LogP contribution is 2.42. The average Bonchev–Trinajstić information content (AvgIpc) is 2.82. The van der Waals surface area contributed by atoms with Gasteiger partial charge in [0.2, 0.25) is 0 Å². The Labute approximate surface area is 216 Å². The minimum Gasteiger partial charge on any atom is -0.395 e. The first kappa shape index (κ1) is 30.4. The molecule has 0 amide bonds. The van der Waals surface area contributed by atoms with Crippen LogP contribution in [-0.2, 0) is 31.7 Å². The van der Waals surface area contributed by atoms with E-state index in [-0.39, 0.29) is 24.7 Å². The molecule has 0 aliphatic carbocycles. The Morgan fingerprint density at radius 3 is 2.13 bits per heavy atom. The normalized spacial score (nSPS) is 22.7. The summed E-state index contributed by atoms with van der Waals surface area (Å²) in [5.41, 5.74) is -2.77. The van der Waals surface area contributed by atoms with E-state index in [1.165, 1.54) is 6.92 Å². The van der Waals surface area contributed by atoms with Gasteiger partial charge < -0.3 is 19.7 Å². The third-order valence-corrected chi connectivity index (χ3v) is 8.07. The van der Waals surface area contributed by atoms with Crippen molar-refractivity contribution in [2.24, 2.45) is 5.92 Å². The fourth-order valence-electron chi connectivity index (χ4n) is 4.54. The van der Waals surface area contributed by atoms with E-state index in [4.69, 9.17) is 14.6 Å². The van der Waals surface area contributed by atoms with Crippen molar-refractivity contribution >= 4 is 9.84 Å². The van der Waals surface area contributed by atoms with Crippen molar-refractivity contribution in [2.45, 2.75) is 50.1 Å². The molecule has 0 bridgehead atoms. The van der Waals surface area contributed by atoms with Crippen molar-refractivity contribution in [1.29, 1.82) is 0 Å². The standard InChI is InChI=1S/C25H28F6O6S/c1-15(17-11-18(24(26,27)28)13-19(12-17)25(29,30)31)37-23-22(16-5-3-2-4-6-16)20(7-9-36-23)21(33)14-38(34,35)10-8-32/h2-6,11-13,15,20-23,32-33H,7-10,14H2,1H3/t15-,20?,21?,22?,23+/m1/s1. The summed E-state index contributed by atoms with van der Waals surface area (Å²) in [6, 6.07) is 9.60. The second kappa shape index (κ2) is 11.9. The van der Waals surface area contributed by atoms with Gasteiger partial charge in [-0.05, 0) is 48.6 Å². The smallest absolute Gasteiger partial charge is 0.395 e. The summed E-state index contributed by atoms with van der Waals surface area (Å²) < 4.78 is 116. The Morgan fingerprint density at radius 2 is 1.61 bits per heavy atom. The van der Waals surface area contributed by atoms with Crippen molar-refractivity contribution < 1.29 is 54.4 Å². The third kappa shape index (κ3) is 7.69. The average molecular weight is 571 g/mol. The number of benzene rings is 2. The molecule has 0 saturated carbocycles. The van der Waals surface area contributed by atoms with Crippen molar-refractivity contribution in [2.75, 3.05) is 24.7 Å². The Balaban J connectivity index is 1.95. The molecular formula is C25H28F6O6S. The van der Waals surface area contributed by atoms with Gasteiger partial charge in [-0.1, -0.05) is 30.3 Å². The predicted molar refractivity (Wildman–Crippen MR) is 125 cm³/mol. The minimum absolute atomic E-state index is 0.00110. The van der Waals surface area contributed by atoms with Gasteiger partial charge in [-0.15, -0.1) is 0 Å². The van der Waals surface area contributed by atoms with Crippen LogP contribution in [0.1, 0.15) is 47.6 Å². The molecule has 5 atom stereocenters. The molecule has 212 valence electrons. The van der Waals surface area contributed by atoms with Crippen molar-refractivity contribution in [1.82, 2.24) is 0 Å². The molecule has 1 heterocycles. The maximum Gasteiger partial charge on any atom is 0.416 e. The van der Waals surface area contributed by atoms with Gasteiger partial charge in [0, 0.05) is 5.92 Å². The largest absolute Gasteiger partial charge is 0.416 e. The molecule has 2 N–H and O–H groups in total. The molecule has 3 rings (SSSR count). The van der Waals surface area contributed by atoms with E-state index < -0.39 is 81.8 Å². The van der Waals surface area contributed by atoms with Crippen LogP contribution in [0.2, 0.25) is 0 Å². The van der Waals surface area contributed by atoms with E-state index in [0.717, 1.165) is 0 Å². The molecule has 38 heavy (non-hydrogen) atoms. The Bertz CT molecular complexity index is 1140. The number of halogens is 6. The van der Waals surface area contributed by atoms with E-state index in [1.807, 2.05) is 0 Å². The molecular weight excluding hydrogens is 542 g/mol. The van der Waals surface area contributed by atoms with Crippen molar-refractivity contribution in [3.63, 3.8) is 0 Å². The second-order valence-corrected chi connectivity index (χ2v) is 11.4.